The Hall–Kier alpha value is -2.33. The minimum absolute atomic E-state index is 0.724. The van der Waals surface area contributed by atoms with Gasteiger partial charge in [-0.3, -0.25) is 4.99 Å². The molecule has 2 aliphatic rings. The first-order valence-electron chi connectivity index (χ1n) is 7.04. The van der Waals surface area contributed by atoms with Gasteiger partial charge in [-0.1, -0.05) is 36.4 Å². The highest BCUT2D eigenvalue weighted by molar-refractivity contribution is 6.05. The molecule has 1 unspecified atom stereocenters. The van der Waals surface area contributed by atoms with Crippen molar-refractivity contribution >= 4 is 5.84 Å². The average Bonchev–Trinajstić information content (AvgIpc) is 3.11. The number of hydrogen-bond acceptors (Lipinski definition) is 4. The van der Waals surface area contributed by atoms with Gasteiger partial charge in [-0.15, -0.1) is 0 Å². The monoisotopic (exact) mass is 280 g/mol. The molecule has 0 spiro atoms. The van der Waals surface area contributed by atoms with Gasteiger partial charge in [0.15, 0.2) is 5.72 Å². The zero-order chi connectivity index (χ0) is 14.4. The molecule has 1 N–H and O–H groups in total. The highest BCUT2D eigenvalue weighted by Gasteiger charge is 2.49. The zero-order valence-corrected chi connectivity index (χ0v) is 11.8. The SMILES string of the molecule is COc1ccc(C2(O)c3ccccc3C3=NCCN32)cc1. The van der Waals surface area contributed by atoms with E-state index < -0.39 is 5.72 Å². The summed E-state index contributed by atoms with van der Waals surface area (Å²) < 4.78 is 5.20. The first-order chi connectivity index (χ1) is 10.2. The summed E-state index contributed by atoms with van der Waals surface area (Å²) in [6.07, 6.45) is 0. The second-order valence-electron chi connectivity index (χ2n) is 5.30. The largest absolute Gasteiger partial charge is 0.497 e. The summed E-state index contributed by atoms with van der Waals surface area (Å²) in [6, 6.07) is 15.5. The van der Waals surface area contributed by atoms with Gasteiger partial charge in [0.1, 0.15) is 11.6 Å². The number of rotatable bonds is 2. The van der Waals surface area contributed by atoms with Crippen molar-refractivity contribution in [1.29, 1.82) is 0 Å². The second kappa shape index (κ2) is 4.33. The van der Waals surface area contributed by atoms with Crippen LogP contribution in [0.15, 0.2) is 53.5 Å². The highest BCUT2D eigenvalue weighted by Crippen LogP contribution is 2.43. The number of nitrogens with zero attached hydrogens (tertiary/aromatic N) is 2. The Morgan fingerprint density at radius 1 is 1.14 bits per heavy atom. The second-order valence-corrected chi connectivity index (χ2v) is 5.30. The first kappa shape index (κ1) is 12.4. The third-order valence-electron chi connectivity index (χ3n) is 4.27. The van der Waals surface area contributed by atoms with Gasteiger partial charge in [0.2, 0.25) is 0 Å². The summed E-state index contributed by atoms with van der Waals surface area (Å²) >= 11 is 0. The van der Waals surface area contributed by atoms with Gasteiger partial charge in [-0.05, 0) is 12.1 Å². The van der Waals surface area contributed by atoms with Gasteiger partial charge in [0.25, 0.3) is 0 Å². The molecule has 106 valence electrons. The molecule has 4 heteroatoms. The Labute approximate surface area is 123 Å². The molecular weight excluding hydrogens is 264 g/mol. The van der Waals surface area contributed by atoms with E-state index >= 15 is 0 Å². The molecule has 0 bridgehead atoms. The van der Waals surface area contributed by atoms with Crippen LogP contribution in [0.1, 0.15) is 16.7 Å². The van der Waals surface area contributed by atoms with Crippen molar-refractivity contribution < 1.29 is 9.84 Å². The van der Waals surface area contributed by atoms with Crippen LogP contribution in [-0.4, -0.2) is 36.0 Å². The van der Waals surface area contributed by atoms with Crippen molar-refractivity contribution in [3.63, 3.8) is 0 Å². The van der Waals surface area contributed by atoms with Crippen LogP contribution < -0.4 is 4.74 Å². The smallest absolute Gasteiger partial charge is 0.193 e. The van der Waals surface area contributed by atoms with Crippen LogP contribution in [0, 0.1) is 0 Å². The number of amidine groups is 1. The molecular formula is C17H16N2O2. The van der Waals surface area contributed by atoms with Gasteiger partial charge in [0, 0.05) is 23.2 Å². The molecule has 0 amide bonds. The van der Waals surface area contributed by atoms with Gasteiger partial charge in [0.05, 0.1) is 13.7 Å². The molecule has 4 nitrogen and oxygen atoms in total. The molecule has 2 aromatic rings. The maximum Gasteiger partial charge on any atom is 0.193 e. The predicted molar refractivity (Wildman–Crippen MR) is 80.5 cm³/mol. The lowest BCUT2D eigenvalue weighted by molar-refractivity contribution is -0.0242. The minimum atomic E-state index is -1.14. The van der Waals surface area contributed by atoms with Crippen LogP contribution in [0.3, 0.4) is 0 Å². The fourth-order valence-electron chi connectivity index (χ4n) is 3.26. The molecule has 21 heavy (non-hydrogen) atoms. The van der Waals surface area contributed by atoms with Gasteiger partial charge < -0.3 is 14.7 Å². The van der Waals surface area contributed by atoms with Gasteiger partial charge in [-0.25, -0.2) is 0 Å². The number of aliphatic hydroxyl groups is 1. The number of ether oxygens (including phenoxy) is 1. The van der Waals surface area contributed by atoms with E-state index in [2.05, 4.69) is 4.99 Å². The highest BCUT2D eigenvalue weighted by atomic mass is 16.5. The average molecular weight is 280 g/mol. The Balaban J connectivity index is 1.91. The first-order valence-corrected chi connectivity index (χ1v) is 7.04. The maximum atomic E-state index is 11.5. The van der Waals surface area contributed by atoms with E-state index in [0.717, 1.165) is 41.4 Å². The van der Waals surface area contributed by atoms with E-state index in [1.807, 2.05) is 53.4 Å². The van der Waals surface area contributed by atoms with E-state index in [9.17, 15) is 5.11 Å². The lowest BCUT2D eigenvalue weighted by atomic mass is 9.93. The number of fused-ring (bicyclic) bond motifs is 3. The molecule has 4 rings (SSSR count). The van der Waals surface area contributed by atoms with E-state index in [1.165, 1.54) is 0 Å². The molecule has 0 aromatic heterocycles. The summed E-state index contributed by atoms with van der Waals surface area (Å²) in [7, 11) is 1.64. The normalized spacial score (nSPS) is 22.8. The number of benzene rings is 2. The molecule has 0 saturated carbocycles. The van der Waals surface area contributed by atoms with Crippen molar-refractivity contribution in [2.45, 2.75) is 5.72 Å². The summed E-state index contributed by atoms with van der Waals surface area (Å²) in [4.78, 5) is 6.54. The Bertz CT molecular complexity index is 724. The van der Waals surface area contributed by atoms with Crippen LogP contribution in [0.25, 0.3) is 0 Å². The Kier molecular flexibility index (Phi) is 2.56. The van der Waals surface area contributed by atoms with Crippen LogP contribution in [0.2, 0.25) is 0 Å². The van der Waals surface area contributed by atoms with E-state index in [0.29, 0.717) is 0 Å². The third kappa shape index (κ3) is 1.56. The molecule has 2 aromatic carbocycles. The third-order valence-corrected chi connectivity index (χ3v) is 4.27. The number of hydrogen-bond donors (Lipinski definition) is 1. The summed E-state index contributed by atoms with van der Waals surface area (Å²) in [5.41, 5.74) is 1.61. The van der Waals surface area contributed by atoms with E-state index in [-0.39, 0.29) is 0 Å². The van der Waals surface area contributed by atoms with Crippen LogP contribution in [0.5, 0.6) is 5.75 Å². The summed E-state index contributed by atoms with van der Waals surface area (Å²) in [5.74, 6) is 1.67. The Morgan fingerprint density at radius 2 is 1.90 bits per heavy atom. The minimum Gasteiger partial charge on any atom is -0.497 e. The zero-order valence-electron chi connectivity index (χ0n) is 11.8. The van der Waals surface area contributed by atoms with Gasteiger partial charge >= 0.3 is 0 Å². The van der Waals surface area contributed by atoms with E-state index in [4.69, 9.17) is 4.74 Å². The topological polar surface area (TPSA) is 45.1 Å². The standard InChI is InChI=1S/C17H16N2O2/c1-21-13-8-6-12(7-9-13)17(20)15-5-3-2-4-14(15)16-18-10-11-19(16)17/h2-9,20H,10-11H2,1H3. The van der Waals surface area contributed by atoms with Crippen molar-refractivity contribution in [2.75, 3.05) is 20.2 Å². The number of aliphatic imine (C=N–C) groups is 1. The predicted octanol–water partition coefficient (Wildman–Crippen LogP) is 1.96. The van der Waals surface area contributed by atoms with Crippen molar-refractivity contribution in [1.82, 2.24) is 4.90 Å². The molecule has 0 aliphatic carbocycles. The summed E-state index contributed by atoms with van der Waals surface area (Å²) in [5, 5.41) is 11.5. The quantitative estimate of drug-likeness (QED) is 0.914. The van der Waals surface area contributed by atoms with Crippen molar-refractivity contribution in [3.05, 3.63) is 65.2 Å². The fourth-order valence-corrected chi connectivity index (χ4v) is 3.26. The van der Waals surface area contributed by atoms with Crippen LogP contribution in [0.4, 0.5) is 0 Å². The van der Waals surface area contributed by atoms with Gasteiger partial charge in [-0.2, -0.15) is 0 Å². The molecule has 0 fully saturated rings. The van der Waals surface area contributed by atoms with Crippen LogP contribution >= 0.6 is 0 Å². The Morgan fingerprint density at radius 3 is 2.67 bits per heavy atom. The van der Waals surface area contributed by atoms with Crippen LogP contribution in [-0.2, 0) is 5.72 Å². The van der Waals surface area contributed by atoms with Crippen molar-refractivity contribution in [2.24, 2.45) is 4.99 Å². The lowest BCUT2D eigenvalue weighted by Crippen LogP contribution is -2.43. The molecule has 1 atom stereocenters. The van der Waals surface area contributed by atoms with Crippen molar-refractivity contribution in [3.8, 4) is 5.75 Å². The number of methoxy groups -OCH3 is 1. The molecule has 0 radical (unpaired) electrons. The summed E-state index contributed by atoms with van der Waals surface area (Å²) in [6.45, 7) is 1.45. The van der Waals surface area contributed by atoms with E-state index in [1.54, 1.807) is 7.11 Å². The molecule has 0 saturated heterocycles. The fraction of sp³-hybridized carbons (Fsp3) is 0.235. The molecule has 2 aliphatic heterocycles. The maximum absolute atomic E-state index is 11.5. The lowest BCUT2D eigenvalue weighted by Gasteiger charge is -2.33. The molecule has 2 heterocycles.